The minimum absolute atomic E-state index is 0.181. The van der Waals surface area contributed by atoms with Crippen LogP contribution in [0.3, 0.4) is 0 Å². The predicted octanol–water partition coefficient (Wildman–Crippen LogP) is 2.94. The lowest BCUT2D eigenvalue weighted by atomic mass is 9.82. The molecule has 0 atom stereocenters. The summed E-state index contributed by atoms with van der Waals surface area (Å²) in [5.41, 5.74) is 7.29. The Hall–Kier alpha value is -1.24. The molecule has 1 aromatic heterocycles. The number of carbonyl (C=O) groups excluding carboxylic acids is 1. The van der Waals surface area contributed by atoms with Gasteiger partial charge in [-0.2, -0.15) is 8.75 Å². The van der Waals surface area contributed by atoms with Gasteiger partial charge in [-0.05, 0) is 25.0 Å². The Balaban J connectivity index is 1.91. The van der Waals surface area contributed by atoms with Crippen molar-refractivity contribution in [3.63, 3.8) is 0 Å². The van der Waals surface area contributed by atoms with Gasteiger partial charge in [0.15, 0.2) is 0 Å². The lowest BCUT2D eigenvalue weighted by Gasteiger charge is -2.31. The van der Waals surface area contributed by atoms with Gasteiger partial charge in [0.25, 0.3) is 0 Å². The molecule has 0 bridgehead atoms. The molecule has 3 rings (SSSR count). The molecule has 5 nitrogen and oxygen atoms in total. The molecule has 1 aliphatic rings. The normalized spacial score (nSPS) is 18.1. The van der Waals surface area contributed by atoms with E-state index in [-0.39, 0.29) is 5.91 Å². The molecule has 7 heteroatoms. The van der Waals surface area contributed by atoms with Crippen LogP contribution in [-0.2, 0) is 4.79 Å². The molecule has 20 heavy (non-hydrogen) atoms. The highest BCUT2D eigenvalue weighted by Crippen LogP contribution is 2.32. The zero-order valence-corrected chi connectivity index (χ0v) is 12.4. The first-order valence-electron chi connectivity index (χ1n) is 6.61. The lowest BCUT2D eigenvalue weighted by molar-refractivity contribution is -0.122. The van der Waals surface area contributed by atoms with Crippen LogP contribution in [0.4, 0.5) is 5.69 Å². The summed E-state index contributed by atoms with van der Waals surface area (Å²) in [5, 5.41) is 3.31. The Kier molecular flexibility index (Phi) is 3.62. The molecule has 0 radical (unpaired) electrons. The largest absolute Gasteiger partial charge is 0.321 e. The summed E-state index contributed by atoms with van der Waals surface area (Å²) in [5.74, 6) is -0.181. The first-order chi connectivity index (χ1) is 9.60. The molecule has 3 N–H and O–H groups in total. The Bertz CT molecular complexity index is 651. The van der Waals surface area contributed by atoms with Gasteiger partial charge in [-0.25, -0.2) is 0 Å². The van der Waals surface area contributed by atoms with Crippen LogP contribution in [0.1, 0.15) is 32.1 Å². The molecule has 0 unspecified atom stereocenters. The molecule has 1 fully saturated rings. The van der Waals surface area contributed by atoms with Gasteiger partial charge >= 0.3 is 0 Å². The van der Waals surface area contributed by atoms with Crippen LogP contribution in [0.15, 0.2) is 12.1 Å². The van der Waals surface area contributed by atoms with Gasteiger partial charge < -0.3 is 11.1 Å². The summed E-state index contributed by atoms with van der Waals surface area (Å²) in [4.78, 5) is 12.5. The van der Waals surface area contributed by atoms with Crippen molar-refractivity contribution in [1.29, 1.82) is 0 Å². The minimum Gasteiger partial charge on any atom is -0.321 e. The molecule has 1 aliphatic carbocycles. The number of nitrogens with two attached hydrogens (primary N) is 1. The second kappa shape index (κ2) is 5.27. The standard InChI is InChI=1S/C13H15ClN4OS/c14-8-4-5-9-11(18-20-17-9)10(8)16-12(19)13(15)6-2-1-3-7-13/h4-5H,1-3,6-7,15H2,(H,16,19). The van der Waals surface area contributed by atoms with Crippen molar-refractivity contribution in [2.75, 3.05) is 5.32 Å². The Morgan fingerprint density at radius 1 is 1.30 bits per heavy atom. The van der Waals surface area contributed by atoms with Gasteiger partial charge in [0.05, 0.1) is 28.0 Å². The van der Waals surface area contributed by atoms with E-state index in [0.29, 0.717) is 29.1 Å². The van der Waals surface area contributed by atoms with Gasteiger partial charge in [0, 0.05) is 0 Å². The van der Waals surface area contributed by atoms with Gasteiger partial charge in [-0.1, -0.05) is 30.9 Å². The third-order valence-electron chi connectivity index (χ3n) is 3.81. The van der Waals surface area contributed by atoms with Crippen LogP contribution < -0.4 is 11.1 Å². The van der Waals surface area contributed by atoms with E-state index in [4.69, 9.17) is 17.3 Å². The number of amides is 1. The fourth-order valence-electron chi connectivity index (χ4n) is 2.59. The van der Waals surface area contributed by atoms with E-state index in [2.05, 4.69) is 14.1 Å². The minimum atomic E-state index is -0.798. The predicted molar refractivity (Wildman–Crippen MR) is 81.1 cm³/mol. The fourth-order valence-corrected chi connectivity index (χ4v) is 3.34. The van der Waals surface area contributed by atoms with Gasteiger partial charge in [0.1, 0.15) is 11.0 Å². The Morgan fingerprint density at radius 3 is 2.80 bits per heavy atom. The third-order valence-corrected chi connectivity index (χ3v) is 4.67. The first-order valence-corrected chi connectivity index (χ1v) is 7.72. The summed E-state index contributed by atoms with van der Waals surface area (Å²) in [6.07, 6.45) is 4.53. The summed E-state index contributed by atoms with van der Waals surface area (Å²) in [6, 6.07) is 3.50. The molecule has 1 heterocycles. The molecule has 1 saturated carbocycles. The quantitative estimate of drug-likeness (QED) is 0.893. The molecule has 0 aliphatic heterocycles. The molecule has 1 aromatic carbocycles. The van der Waals surface area contributed by atoms with Crippen molar-refractivity contribution in [1.82, 2.24) is 8.75 Å². The number of carbonyl (C=O) groups is 1. The molecule has 1 amide bonds. The molecular weight excluding hydrogens is 296 g/mol. The zero-order chi connectivity index (χ0) is 14.2. The number of hydrogen-bond donors (Lipinski definition) is 2. The van der Waals surface area contributed by atoms with Crippen molar-refractivity contribution in [2.45, 2.75) is 37.6 Å². The number of aromatic nitrogens is 2. The number of fused-ring (bicyclic) bond motifs is 1. The molecule has 2 aromatic rings. The van der Waals surface area contributed by atoms with Crippen molar-refractivity contribution in [3.05, 3.63) is 17.2 Å². The molecule has 0 saturated heterocycles. The van der Waals surface area contributed by atoms with E-state index in [0.717, 1.165) is 36.5 Å². The fraction of sp³-hybridized carbons (Fsp3) is 0.462. The van der Waals surface area contributed by atoms with E-state index in [1.165, 1.54) is 0 Å². The monoisotopic (exact) mass is 310 g/mol. The zero-order valence-electron chi connectivity index (χ0n) is 10.9. The van der Waals surface area contributed by atoms with E-state index >= 15 is 0 Å². The third kappa shape index (κ3) is 2.39. The topological polar surface area (TPSA) is 80.9 Å². The maximum absolute atomic E-state index is 12.5. The Morgan fingerprint density at radius 2 is 2.05 bits per heavy atom. The van der Waals surface area contributed by atoms with Crippen molar-refractivity contribution in [3.8, 4) is 0 Å². The summed E-state index contributed by atoms with van der Waals surface area (Å²) < 4.78 is 8.34. The second-order valence-corrected chi connectivity index (χ2v) is 6.16. The van der Waals surface area contributed by atoms with E-state index in [9.17, 15) is 4.79 Å². The van der Waals surface area contributed by atoms with Gasteiger partial charge in [-0.15, -0.1) is 0 Å². The highest BCUT2D eigenvalue weighted by Gasteiger charge is 2.35. The Labute approximate surface area is 125 Å². The molecular formula is C13H15ClN4OS. The maximum atomic E-state index is 12.5. The highest BCUT2D eigenvalue weighted by atomic mass is 35.5. The SMILES string of the molecule is NC1(C(=O)Nc2c(Cl)ccc3nsnc23)CCCCC1. The summed E-state index contributed by atoms with van der Waals surface area (Å²) in [7, 11) is 0. The number of nitrogens with one attached hydrogen (secondary N) is 1. The first kappa shape index (κ1) is 13.7. The van der Waals surface area contributed by atoms with Crippen LogP contribution in [0.25, 0.3) is 11.0 Å². The van der Waals surface area contributed by atoms with Gasteiger partial charge in [-0.3, -0.25) is 4.79 Å². The van der Waals surface area contributed by atoms with Crippen LogP contribution >= 0.6 is 23.3 Å². The lowest BCUT2D eigenvalue weighted by Crippen LogP contribution is -2.52. The van der Waals surface area contributed by atoms with Gasteiger partial charge in [0.2, 0.25) is 5.91 Å². The van der Waals surface area contributed by atoms with Crippen LogP contribution in [-0.4, -0.2) is 20.2 Å². The van der Waals surface area contributed by atoms with Crippen molar-refractivity contribution in [2.24, 2.45) is 5.73 Å². The second-order valence-electron chi connectivity index (χ2n) is 5.23. The average molecular weight is 311 g/mol. The van der Waals surface area contributed by atoms with Crippen molar-refractivity contribution >= 4 is 46.0 Å². The number of rotatable bonds is 2. The summed E-state index contributed by atoms with van der Waals surface area (Å²) in [6.45, 7) is 0. The van der Waals surface area contributed by atoms with E-state index in [1.54, 1.807) is 12.1 Å². The number of anilines is 1. The van der Waals surface area contributed by atoms with Crippen molar-refractivity contribution < 1.29 is 4.79 Å². The number of halogens is 1. The van der Waals surface area contributed by atoms with Crippen LogP contribution in [0, 0.1) is 0 Å². The van der Waals surface area contributed by atoms with Crippen LogP contribution in [0.2, 0.25) is 5.02 Å². The number of nitrogens with zero attached hydrogens (tertiary/aromatic N) is 2. The van der Waals surface area contributed by atoms with E-state index < -0.39 is 5.54 Å². The smallest absolute Gasteiger partial charge is 0.244 e. The highest BCUT2D eigenvalue weighted by molar-refractivity contribution is 7.00. The number of hydrogen-bond acceptors (Lipinski definition) is 5. The van der Waals surface area contributed by atoms with Crippen LogP contribution in [0.5, 0.6) is 0 Å². The summed E-state index contributed by atoms with van der Waals surface area (Å²) >= 11 is 7.27. The molecule has 0 spiro atoms. The number of benzene rings is 1. The average Bonchev–Trinajstić information content (AvgIpc) is 2.91. The molecule has 106 valence electrons. The van der Waals surface area contributed by atoms with E-state index in [1.807, 2.05) is 0 Å². The maximum Gasteiger partial charge on any atom is 0.244 e.